The lowest BCUT2D eigenvalue weighted by molar-refractivity contribution is -0.143. The number of hydrogen-bond donors (Lipinski definition) is 0. The monoisotopic (exact) mass is 543 g/mol. The number of hydrogen-bond acceptors (Lipinski definition) is 6. The van der Waals surface area contributed by atoms with E-state index in [-0.39, 0.29) is 32.0 Å². The van der Waals surface area contributed by atoms with Crippen LogP contribution in [-0.4, -0.2) is 37.3 Å². The van der Waals surface area contributed by atoms with Crippen molar-refractivity contribution < 1.29 is 23.1 Å². The Morgan fingerprint density at radius 3 is 1.76 bits per heavy atom. The van der Waals surface area contributed by atoms with Gasteiger partial charge in [0.2, 0.25) is 0 Å². The number of rotatable bonds is 20. The average molecular weight is 544 g/mol. The number of nitrogens with zero attached hydrogens (tertiary/aromatic N) is 1. The topological polar surface area (TPSA) is 74.2 Å². The first-order valence-electron chi connectivity index (χ1n) is 14.3. The van der Waals surface area contributed by atoms with Crippen LogP contribution in [0.2, 0.25) is 0 Å². The zero-order valence-electron chi connectivity index (χ0n) is 23.5. The Labute approximate surface area is 229 Å². The van der Waals surface area contributed by atoms with Gasteiger partial charge in [-0.1, -0.05) is 113 Å². The van der Waals surface area contributed by atoms with Gasteiger partial charge in [0.05, 0.1) is 25.5 Å². The van der Waals surface area contributed by atoms with Gasteiger partial charge in [-0.2, -0.15) is 0 Å². The van der Waals surface area contributed by atoms with Crippen LogP contribution >= 0.6 is 7.60 Å². The van der Waals surface area contributed by atoms with E-state index in [1.54, 1.807) is 13.8 Å². The van der Waals surface area contributed by atoms with Crippen LogP contribution < -0.4 is 0 Å². The predicted octanol–water partition coefficient (Wildman–Crippen LogP) is 8.58. The van der Waals surface area contributed by atoms with Crippen molar-refractivity contribution in [2.24, 2.45) is 4.99 Å². The minimum Gasteiger partial charge on any atom is -0.466 e. The van der Waals surface area contributed by atoms with Gasteiger partial charge in [0, 0.05) is 17.5 Å². The molecule has 7 heteroatoms. The molecule has 6 nitrogen and oxygen atoms in total. The van der Waals surface area contributed by atoms with Crippen molar-refractivity contribution in [1.82, 2.24) is 0 Å². The van der Waals surface area contributed by atoms with Crippen LogP contribution in [0.15, 0.2) is 65.7 Å². The molecule has 0 radical (unpaired) electrons. The molecule has 0 bridgehead atoms. The highest BCUT2D eigenvalue weighted by Crippen LogP contribution is 2.55. The summed E-state index contributed by atoms with van der Waals surface area (Å²) in [5, 5.41) is 0. The molecule has 0 aliphatic heterocycles. The molecule has 0 aliphatic rings. The van der Waals surface area contributed by atoms with Crippen molar-refractivity contribution in [3.05, 3.63) is 71.8 Å². The summed E-state index contributed by atoms with van der Waals surface area (Å²) in [6, 6.07) is 19.5. The van der Waals surface area contributed by atoms with Crippen molar-refractivity contribution in [3.8, 4) is 0 Å². The van der Waals surface area contributed by atoms with E-state index in [1.807, 2.05) is 60.7 Å². The van der Waals surface area contributed by atoms with E-state index in [0.717, 1.165) is 24.0 Å². The van der Waals surface area contributed by atoms with E-state index in [9.17, 15) is 9.36 Å². The van der Waals surface area contributed by atoms with Crippen LogP contribution in [-0.2, 0) is 23.1 Å². The molecule has 2 aromatic carbocycles. The van der Waals surface area contributed by atoms with Crippen LogP contribution in [0, 0.1) is 0 Å². The Morgan fingerprint density at radius 2 is 1.26 bits per heavy atom. The molecule has 0 saturated carbocycles. The van der Waals surface area contributed by atoms with Gasteiger partial charge in [-0.15, -0.1) is 0 Å². The molecule has 0 fully saturated rings. The maximum atomic E-state index is 13.8. The Balaban J connectivity index is 2.10. The summed E-state index contributed by atoms with van der Waals surface area (Å²) >= 11 is 0. The van der Waals surface area contributed by atoms with Gasteiger partial charge in [-0.25, -0.2) is 0 Å². The molecule has 0 spiro atoms. The first-order valence-corrected chi connectivity index (χ1v) is 15.9. The van der Waals surface area contributed by atoms with Gasteiger partial charge >= 0.3 is 13.6 Å². The standard InChI is InChI=1S/C31H46NO5P/c1-4-7-8-9-10-11-12-19-26-35-30(33)25-24-29(38(34,36-5-2)37-6-3)32-31(27-20-15-13-16-21-27)28-22-17-14-18-23-28/h13-18,20-23,29H,4-12,19,24-26H2,1-3H3. The third-order valence-electron chi connectivity index (χ3n) is 6.22. The zero-order chi connectivity index (χ0) is 27.5. The average Bonchev–Trinajstić information content (AvgIpc) is 2.93. The molecule has 2 rings (SSSR count). The van der Waals surface area contributed by atoms with E-state index < -0.39 is 13.4 Å². The lowest BCUT2D eigenvalue weighted by atomic mass is 10.0. The molecule has 1 unspecified atom stereocenters. The fraction of sp³-hybridized carbons (Fsp3) is 0.548. The maximum Gasteiger partial charge on any atom is 0.354 e. The Kier molecular flexibility index (Phi) is 15.9. The molecule has 0 aromatic heterocycles. The summed E-state index contributed by atoms with van der Waals surface area (Å²) in [6.07, 6.45) is 9.78. The summed E-state index contributed by atoms with van der Waals surface area (Å²) in [7, 11) is -3.63. The molecule has 0 heterocycles. The highest BCUT2D eigenvalue weighted by Gasteiger charge is 2.36. The van der Waals surface area contributed by atoms with Crippen molar-refractivity contribution >= 4 is 19.3 Å². The van der Waals surface area contributed by atoms with E-state index in [0.29, 0.717) is 12.3 Å². The highest BCUT2D eigenvalue weighted by atomic mass is 31.2. The SMILES string of the molecule is CCCCCCCCCCOC(=O)CCC(N=C(c1ccccc1)c1ccccc1)P(=O)(OCC)OCC. The summed E-state index contributed by atoms with van der Waals surface area (Å²) in [6.45, 7) is 6.63. The molecule has 0 saturated heterocycles. The van der Waals surface area contributed by atoms with Gasteiger partial charge < -0.3 is 13.8 Å². The molecule has 210 valence electrons. The second-order valence-corrected chi connectivity index (χ2v) is 11.5. The van der Waals surface area contributed by atoms with Crippen LogP contribution in [0.25, 0.3) is 0 Å². The number of aliphatic imine (C=N–C) groups is 1. The molecular weight excluding hydrogens is 497 g/mol. The van der Waals surface area contributed by atoms with Gasteiger partial charge in [0.1, 0.15) is 0 Å². The van der Waals surface area contributed by atoms with Crippen LogP contribution in [0.5, 0.6) is 0 Å². The fourth-order valence-corrected chi connectivity index (χ4v) is 6.10. The van der Waals surface area contributed by atoms with Crippen molar-refractivity contribution in [2.45, 2.75) is 90.8 Å². The first-order chi connectivity index (χ1) is 18.5. The van der Waals surface area contributed by atoms with Crippen molar-refractivity contribution in [3.63, 3.8) is 0 Å². The molecule has 0 N–H and O–H groups in total. The third-order valence-corrected chi connectivity index (χ3v) is 8.56. The highest BCUT2D eigenvalue weighted by molar-refractivity contribution is 7.54. The van der Waals surface area contributed by atoms with Crippen LogP contribution in [0.4, 0.5) is 0 Å². The van der Waals surface area contributed by atoms with Crippen LogP contribution in [0.3, 0.4) is 0 Å². The molecule has 1 atom stereocenters. The Hall–Kier alpha value is -2.27. The summed E-state index contributed by atoms with van der Waals surface area (Å²) in [5.74, 6) is -1.15. The van der Waals surface area contributed by atoms with Crippen LogP contribution in [0.1, 0.15) is 96.1 Å². The molecular formula is C31H46NO5P. The second kappa shape index (κ2) is 18.9. The van der Waals surface area contributed by atoms with E-state index >= 15 is 0 Å². The zero-order valence-corrected chi connectivity index (χ0v) is 24.4. The number of esters is 1. The number of unbranched alkanes of at least 4 members (excludes halogenated alkanes) is 7. The van der Waals surface area contributed by atoms with E-state index in [1.165, 1.54) is 38.5 Å². The number of benzene rings is 2. The number of ether oxygens (including phenoxy) is 1. The lowest BCUT2D eigenvalue weighted by Gasteiger charge is -2.24. The Bertz CT molecular complexity index is 929. The molecule has 0 amide bonds. The third kappa shape index (κ3) is 11.6. The summed E-state index contributed by atoms with van der Waals surface area (Å²) in [5.41, 5.74) is 2.46. The number of carbonyl (C=O) groups is 1. The van der Waals surface area contributed by atoms with Gasteiger partial charge in [0.25, 0.3) is 0 Å². The minimum atomic E-state index is -3.63. The van der Waals surface area contributed by atoms with Gasteiger partial charge in [-0.05, 0) is 26.7 Å². The first kappa shape index (κ1) is 31.9. The lowest BCUT2D eigenvalue weighted by Crippen LogP contribution is -2.18. The smallest absolute Gasteiger partial charge is 0.354 e. The van der Waals surface area contributed by atoms with Crippen molar-refractivity contribution in [2.75, 3.05) is 19.8 Å². The van der Waals surface area contributed by atoms with Gasteiger partial charge in [0.15, 0.2) is 5.78 Å². The fourth-order valence-electron chi connectivity index (χ4n) is 4.26. The molecule has 0 aliphatic carbocycles. The molecule has 2 aromatic rings. The normalized spacial score (nSPS) is 12.2. The molecule has 38 heavy (non-hydrogen) atoms. The van der Waals surface area contributed by atoms with Crippen molar-refractivity contribution in [1.29, 1.82) is 0 Å². The second-order valence-electron chi connectivity index (χ2n) is 9.30. The number of carbonyl (C=O) groups excluding carboxylic acids is 1. The summed E-state index contributed by atoms with van der Waals surface area (Å²) < 4.78 is 30.7. The maximum absolute atomic E-state index is 13.8. The van der Waals surface area contributed by atoms with E-state index in [4.69, 9.17) is 18.8 Å². The predicted molar refractivity (Wildman–Crippen MR) is 156 cm³/mol. The Morgan fingerprint density at radius 1 is 0.763 bits per heavy atom. The van der Waals surface area contributed by atoms with Gasteiger partial charge in [-0.3, -0.25) is 14.4 Å². The van der Waals surface area contributed by atoms with E-state index in [2.05, 4.69) is 6.92 Å². The quantitative estimate of drug-likeness (QED) is 0.0724. The minimum absolute atomic E-state index is 0.0895. The largest absolute Gasteiger partial charge is 0.466 e. The summed E-state index contributed by atoms with van der Waals surface area (Å²) in [4.78, 5) is 17.5.